The number of esters is 3. The van der Waals surface area contributed by atoms with Gasteiger partial charge in [0.05, 0.1) is 0 Å². The topological polar surface area (TPSA) is 78.9 Å². The SMILES string of the molecule is CC/C=C\C/C=C\C/C=C\C/C=C\C/C=C\C/C=C\C/C=C\C/C=C\C/C=C\CCCCCCCCCC(=O)OCC(COC(=O)CCCCCCCCCCC)OC(=O)CCCCCCC/C=C\C/C=C\CCCC. The molecule has 0 aromatic heterocycles. The summed E-state index contributed by atoms with van der Waals surface area (Å²) in [5, 5.41) is 0. The number of unbranched alkanes of at least 4 members (excludes halogenated alkanes) is 22. The zero-order valence-corrected chi connectivity index (χ0v) is 49.2. The molecule has 0 bridgehead atoms. The summed E-state index contributed by atoms with van der Waals surface area (Å²) in [4.78, 5) is 38.1. The van der Waals surface area contributed by atoms with Gasteiger partial charge in [0.15, 0.2) is 6.10 Å². The molecule has 0 aliphatic rings. The minimum atomic E-state index is -0.791. The van der Waals surface area contributed by atoms with E-state index in [1.54, 1.807) is 0 Å². The third-order valence-electron chi connectivity index (χ3n) is 12.9. The van der Waals surface area contributed by atoms with E-state index in [1.165, 1.54) is 83.5 Å². The molecule has 0 radical (unpaired) electrons. The third kappa shape index (κ3) is 60.4. The summed E-state index contributed by atoms with van der Waals surface area (Å²) in [6.45, 7) is 6.44. The van der Waals surface area contributed by atoms with Crippen molar-refractivity contribution in [2.75, 3.05) is 13.2 Å². The van der Waals surface area contributed by atoms with Crippen LogP contribution in [0.2, 0.25) is 0 Å². The normalized spacial score (nSPS) is 13.0. The molecule has 0 amide bonds. The molecule has 76 heavy (non-hydrogen) atoms. The Bertz CT molecular complexity index is 1630. The molecule has 0 spiro atoms. The molecule has 0 aromatic rings. The number of hydrogen-bond acceptors (Lipinski definition) is 6. The first-order valence-corrected chi connectivity index (χ1v) is 31.2. The Morgan fingerprint density at radius 3 is 0.842 bits per heavy atom. The summed E-state index contributed by atoms with van der Waals surface area (Å²) >= 11 is 0. The standard InChI is InChI=1S/C70H114O6/c1-4-7-10-13-16-19-21-23-25-26-27-28-29-30-31-32-33-34-35-36-37-38-39-40-41-42-43-44-45-47-48-51-54-57-60-63-69(72)75-66-67(65-74-68(71)62-59-56-53-50-18-15-12-9-6-3)76-70(73)64-61-58-55-52-49-46-24-22-20-17-14-11-8-5-2/h7,10,14,16-17,19,22-25,27-28,30-31,33-34,36-37,39-40,42-43,67H,4-6,8-9,11-13,15,18,20-21,26,29,32,35,38,41,44-66H2,1-3H3/b10-7-,17-14-,19-16-,24-22-,25-23-,28-27-,31-30-,34-33-,37-36-,40-39-,43-42-. The number of carbonyl (C=O) groups excluding carboxylic acids is 3. The Kier molecular flexibility index (Phi) is 59.4. The average Bonchev–Trinajstić information content (AvgIpc) is 3.42. The predicted molar refractivity (Wildman–Crippen MR) is 329 cm³/mol. The molecule has 0 N–H and O–H groups in total. The van der Waals surface area contributed by atoms with Gasteiger partial charge in [0, 0.05) is 19.3 Å². The Labute approximate surface area is 468 Å². The molecular formula is C70H114O6. The van der Waals surface area contributed by atoms with Crippen molar-refractivity contribution in [1.29, 1.82) is 0 Å². The van der Waals surface area contributed by atoms with Crippen molar-refractivity contribution in [3.63, 3.8) is 0 Å². The van der Waals surface area contributed by atoms with E-state index in [0.717, 1.165) is 148 Å². The Balaban J connectivity index is 4.19. The fourth-order valence-electron chi connectivity index (χ4n) is 8.22. The molecule has 6 nitrogen and oxygen atoms in total. The number of hydrogen-bond donors (Lipinski definition) is 0. The first-order chi connectivity index (χ1) is 37.5. The van der Waals surface area contributed by atoms with Crippen LogP contribution >= 0.6 is 0 Å². The largest absolute Gasteiger partial charge is 0.462 e. The lowest BCUT2D eigenvalue weighted by Crippen LogP contribution is -2.30. The summed E-state index contributed by atoms with van der Waals surface area (Å²) in [6.07, 6.45) is 88.9. The van der Waals surface area contributed by atoms with E-state index < -0.39 is 6.10 Å². The fourth-order valence-corrected chi connectivity index (χ4v) is 8.22. The smallest absolute Gasteiger partial charge is 0.306 e. The van der Waals surface area contributed by atoms with E-state index in [4.69, 9.17) is 14.2 Å². The Morgan fingerprint density at radius 2 is 0.526 bits per heavy atom. The van der Waals surface area contributed by atoms with Gasteiger partial charge in [-0.15, -0.1) is 0 Å². The zero-order valence-electron chi connectivity index (χ0n) is 49.2. The van der Waals surface area contributed by atoms with Crippen LogP contribution in [-0.2, 0) is 28.6 Å². The summed E-state index contributed by atoms with van der Waals surface area (Å²) in [5.41, 5.74) is 0. The number of ether oxygens (including phenoxy) is 3. The average molecular weight is 1050 g/mol. The zero-order chi connectivity index (χ0) is 55.0. The lowest BCUT2D eigenvalue weighted by molar-refractivity contribution is -0.167. The van der Waals surface area contributed by atoms with Crippen LogP contribution in [0, 0.1) is 0 Å². The van der Waals surface area contributed by atoms with Crippen molar-refractivity contribution in [3.05, 3.63) is 134 Å². The van der Waals surface area contributed by atoms with Gasteiger partial charge in [-0.1, -0.05) is 270 Å². The lowest BCUT2D eigenvalue weighted by Gasteiger charge is -2.18. The summed E-state index contributed by atoms with van der Waals surface area (Å²) < 4.78 is 16.8. The van der Waals surface area contributed by atoms with Crippen LogP contribution in [0.4, 0.5) is 0 Å². The van der Waals surface area contributed by atoms with Gasteiger partial charge in [0.25, 0.3) is 0 Å². The van der Waals surface area contributed by atoms with Crippen LogP contribution < -0.4 is 0 Å². The van der Waals surface area contributed by atoms with Gasteiger partial charge in [0.1, 0.15) is 13.2 Å². The van der Waals surface area contributed by atoms with E-state index >= 15 is 0 Å². The van der Waals surface area contributed by atoms with Crippen LogP contribution in [0.15, 0.2) is 134 Å². The molecule has 6 heteroatoms. The highest BCUT2D eigenvalue weighted by molar-refractivity contribution is 5.71. The van der Waals surface area contributed by atoms with Gasteiger partial charge in [-0.05, 0) is 116 Å². The summed E-state index contributed by atoms with van der Waals surface area (Å²) in [5.74, 6) is -0.918. The lowest BCUT2D eigenvalue weighted by atomic mass is 10.1. The van der Waals surface area contributed by atoms with E-state index in [9.17, 15) is 14.4 Å². The molecule has 0 aliphatic carbocycles. The molecule has 430 valence electrons. The molecule has 1 atom stereocenters. The number of allylic oxidation sites excluding steroid dienone is 22. The van der Waals surface area contributed by atoms with Crippen molar-refractivity contribution >= 4 is 17.9 Å². The first kappa shape index (κ1) is 71.5. The molecule has 0 aliphatic heterocycles. The van der Waals surface area contributed by atoms with Gasteiger partial charge in [-0.2, -0.15) is 0 Å². The number of carbonyl (C=O) groups is 3. The quantitative estimate of drug-likeness (QED) is 0.0261. The molecule has 0 heterocycles. The van der Waals surface area contributed by atoms with E-state index in [0.29, 0.717) is 19.3 Å². The van der Waals surface area contributed by atoms with Crippen LogP contribution in [0.1, 0.15) is 271 Å². The van der Waals surface area contributed by atoms with Gasteiger partial charge < -0.3 is 14.2 Å². The van der Waals surface area contributed by atoms with Crippen molar-refractivity contribution < 1.29 is 28.6 Å². The maximum absolute atomic E-state index is 12.8. The fraction of sp³-hybridized carbons (Fsp3) is 0.643. The second-order valence-electron chi connectivity index (χ2n) is 20.2. The van der Waals surface area contributed by atoms with Crippen LogP contribution in [0.5, 0.6) is 0 Å². The molecule has 0 saturated heterocycles. The number of rotatable bonds is 55. The minimum absolute atomic E-state index is 0.0880. The monoisotopic (exact) mass is 1050 g/mol. The molecular weight excluding hydrogens is 937 g/mol. The molecule has 0 saturated carbocycles. The molecule has 0 fully saturated rings. The predicted octanol–water partition coefficient (Wildman–Crippen LogP) is 21.4. The second kappa shape index (κ2) is 63.1. The van der Waals surface area contributed by atoms with Crippen molar-refractivity contribution in [3.8, 4) is 0 Å². The molecule has 0 aromatic carbocycles. The highest BCUT2D eigenvalue weighted by Crippen LogP contribution is 2.14. The van der Waals surface area contributed by atoms with Crippen molar-refractivity contribution in [1.82, 2.24) is 0 Å². The van der Waals surface area contributed by atoms with Gasteiger partial charge in [-0.3, -0.25) is 14.4 Å². The van der Waals surface area contributed by atoms with E-state index in [-0.39, 0.29) is 31.1 Å². The molecule has 0 rings (SSSR count). The Hall–Kier alpha value is -4.45. The summed E-state index contributed by atoms with van der Waals surface area (Å²) in [6, 6.07) is 0. The maximum atomic E-state index is 12.8. The van der Waals surface area contributed by atoms with E-state index in [2.05, 4.69) is 154 Å². The van der Waals surface area contributed by atoms with Crippen LogP contribution in [-0.4, -0.2) is 37.2 Å². The van der Waals surface area contributed by atoms with Crippen molar-refractivity contribution in [2.45, 2.75) is 277 Å². The highest BCUT2D eigenvalue weighted by Gasteiger charge is 2.19. The minimum Gasteiger partial charge on any atom is -0.462 e. The summed E-state index contributed by atoms with van der Waals surface area (Å²) in [7, 11) is 0. The van der Waals surface area contributed by atoms with Gasteiger partial charge in [0.2, 0.25) is 0 Å². The van der Waals surface area contributed by atoms with E-state index in [1.807, 2.05) is 0 Å². The molecule has 1 unspecified atom stereocenters. The third-order valence-corrected chi connectivity index (χ3v) is 12.9. The highest BCUT2D eigenvalue weighted by atomic mass is 16.6. The Morgan fingerprint density at radius 1 is 0.276 bits per heavy atom. The van der Waals surface area contributed by atoms with Crippen LogP contribution in [0.3, 0.4) is 0 Å². The van der Waals surface area contributed by atoms with Crippen molar-refractivity contribution in [2.24, 2.45) is 0 Å². The maximum Gasteiger partial charge on any atom is 0.306 e. The first-order valence-electron chi connectivity index (χ1n) is 31.2. The van der Waals surface area contributed by atoms with Gasteiger partial charge >= 0.3 is 17.9 Å². The second-order valence-corrected chi connectivity index (χ2v) is 20.2. The van der Waals surface area contributed by atoms with Crippen LogP contribution in [0.25, 0.3) is 0 Å². The van der Waals surface area contributed by atoms with Gasteiger partial charge in [-0.25, -0.2) is 0 Å².